The molecule has 0 aromatic carbocycles. The molecule has 2 heterocycles. The average molecular weight is 226 g/mol. The van der Waals surface area contributed by atoms with Gasteiger partial charge in [0, 0.05) is 0 Å². The molecule has 16 heavy (non-hydrogen) atoms. The maximum absolute atomic E-state index is 12.0. The highest BCUT2D eigenvalue weighted by atomic mass is 16.5. The van der Waals surface area contributed by atoms with E-state index in [2.05, 4.69) is 5.32 Å². The molecule has 2 rings (SSSR count). The molecule has 2 atom stereocenters. The van der Waals surface area contributed by atoms with Crippen molar-refractivity contribution in [1.82, 2.24) is 10.2 Å². The van der Waals surface area contributed by atoms with Crippen molar-refractivity contribution in [3.05, 3.63) is 0 Å². The largest absolute Gasteiger partial charge is 0.465 e. The van der Waals surface area contributed by atoms with Crippen LogP contribution in [0.5, 0.6) is 0 Å². The smallest absolute Gasteiger partial charge is 0.325 e. The van der Waals surface area contributed by atoms with Crippen molar-refractivity contribution < 1.29 is 14.3 Å². The Morgan fingerprint density at radius 3 is 2.94 bits per heavy atom. The monoisotopic (exact) mass is 226 g/mol. The number of likely N-dealkylation sites (tertiary alicyclic amines) is 1. The minimum Gasteiger partial charge on any atom is -0.465 e. The zero-order valence-electron chi connectivity index (χ0n) is 9.78. The third kappa shape index (κ3) is 1.50. The predicted molar refractivity (Wildman–Crippen MR) is 57.8 cm³/mol. The van der Waals surface area contributed by atoms with E-state index in [1.54, 1.807) is 11.8 Å². The molecule has 5 nitrogen and oxygen atoms in total. The van der Waals surface area contributed by atoms with Gasteiger partial charge in [-0.15, -0.1) is 0 Å². The van der Waals surface area contributed by atoms with E-state index < -0.39 is 0 Å². The Morgan fingerprint density at radius 1 is 1.69 bits per heavy atom. The highest BCUT2D eigenvalue weighted by Gasteiger charge is 2.59. The molecule has 90 valence electrons. The third-order valence-electron chi connectivity index (χ3n) is 3.62. The van der Waals surface area contributed by atoms with Gasteiger partial charge in [-0.05, 0) is 33.2 Å². The van der Waals surface area contributed by atoms with Gasteiger partial charge in [0.1, 0.15) is 12.1 Å². The molecule has 1 amide bonds. The number of rotatable bonds is 3. The van der Waals surface area contributed by atoms with Gasteiger partial charge in [0.25, 0.3) is 0 Å². The minimum atomic E-state index is -0.382. The van der Waals surface area contributed by atoms with Crippen LogP contribution in [0.3, 0.4) is 0 Å². The van der Waals surface area contributed by atoms with Crippen LogP contribution in [0.2, 0.25) is 0 Å². The Bertz CT molecular complexity index is 310. The van der Waals surface area contributed by atoms with Crippen molar-refractivity contribution in [2.45, 2.75) is 38.3 Å². The average Bonchev–Trinajstić information content (AvgIpc) is 2.76. The summed E-state index contributed by atoms with van der Waals surface area (Å²) in [5, 5.41) is 3.26. The lowest BCUT2D eigenvalue weighted by Crippen LogP contribution is -2.77. The molecule has 2 aliphatic heterocycles. The van der Waals surface area contributed by atoms with Crippen molar-refractivity contribution >= 4 is 11.9 Å². The number of β-lactam (4-membered cyclic amide) rings is 1. The molecule has 0 saturated carbocycles. The van der Waals surface area contributed by atoms with Gasteiger partial charge in [-0.2, -0.15) is 0 Å². The van der Waals surface area contributed by atoms with Gasteiger partial charge in [-0.1, -0.05) is 0 Å². The Kier molecular flexibility index (Phi) is 2.88. The molecule has 5 heteroatoms. The van der Waals surface area contributed by atoms with E-state index in [0.29, 0.717) is 6.61 Å². The summed E-state index contributed by atoms with van der Waals surface area (Å²) in [6.07, 6.45) is 1.91. The summed E-state index contributed by atoms with van der Waals surface area (Å²) in [5.74, 6) is -0.277. The fourth-order valence-corrected chi connectivity index (χ4v) is 2.67. The first kappa shape index (κ1) is 11.4. The molecular weight excluding hydrogens is 208 g/mol. The van der Waals surface area contributed by atoms with Crippen molar-refractivity contribution in [2.75, 3.05) is 19.7 Å². The molecular formula is C11H18N2O3. The van der Waals surface area contributed by atoms with Crippen LogP contribution in [-0.2, 0) is 14.3 Å². The number of hydrogen-bond donors (Lipinski definition) is 1. The molecule has 1 N–H and O–H groups in total. The summed E-state index contributed by atoms with van der Waals surface area (Å²) in [7, 11) is 0. The van der Waals surface area contributed by atoms with Crippen molar-refractivity contribution in [3.8, 4) is 0 Å². The number of nitrogens with one attached hydrogen (secondary N) is 1. The van der Waals surface area contributed by atoms with E-state index in [1.807, 2.05) is 6.92 Å². The van der Waals surface area contributed by atoms with Crippen molar-refractivity contribution in [1.29, 1.82) is 0 Å². The van der Waals surface area contributed by atoms with E-state index in [0.717, 1.165) is 19.4 Å². The van der Waals surface area contributed by atoms with Gasteiger partial charge < -0.3 is 15.0 Å². The number of esters is 1. The van der Waals surface area contributed by atoms with E-state index in [9.17, 15) is 9.59 Å². The van der Waals surface area contributed by atoms with Gasteiger partial charge >= 0.3 is 5.97 Å². The lowest BCUT2D eigenvalue weighted by atomic mass is 9.78. The molecule has 0 bridgehead atoms. The predicted octanol–water partition coefficient (Wildman–Crippen LogP) is -0.0976. The van der Waals surface area contributed by atoms with Crippen molar-refractivity contribution in [3.63, 3.8) is 0 Å². The maximum atomic E-state index is 12.0. The summed E-state index contributed by atoms with van der Waals surface area (Å²) >= 11 is 0. The standard InChI is InChI=1S/C11H18N2O3/c1-3-16-9(14)7-13-8(2)11(10(13)15)5-4-6-12-11/h8,12H,3-7H2,1-2H3. The number of nitrogens with zero attached hydrogens (tertiary/aromatic N) is 1. The third-order valence-corrected chi connectivity index (χ3v) is 3.62. The quantitative estimate of drug-likeness (QED) is 0.539. The first-order valence-corrected chi connectivity index (χ1v) is 5.83. The molecule has 2 aliphatic rings. The Hall–Kier alpha value is -1.10. The van der Waals surface area contributed by atoms with Crippen LogP contribution in [0.15, 0.2) is 0 Å². The second-order valence-electron chi connectivity index (χ2n) is 4.42. The van der Waals surface area contributed by atoms with E-state index in [4.69, 9.17) is 4.74 Å². The lowest BCUT2D eigenvalue weighted by molar-refractivity contribution is -0.167. The summed E-state index contributed by atoms with van der Waals surface area (Å²) in [5.41, 5.74) is -0.382. The number of amides is 1. The van der Waals surface area contributed by atoms with Crippen LogP contribution in [0, 0.1) is 0 Å². The highest BCUT2D eigenvalue weighted by molar-refractivity contribution is 5.96. The Morgan fingerprint density at radius 2 is 2.44 bits per heavy atom. The van der Waals surface area contributed by atoms with E-state index >= 15 is 0 Å². The first-order valence-electron chi connectivity index (χ1n) is 5.83. The van der Waals surface area contributed by atoms with Gasteiger partial charge in [-0.25, -0.2) is 0 Å². The van der Waals surface area contributed by atoms with Crippen LogP contribution in [0.25, 0.3) is 0 Å². The van der Waals surface area contributed by atoms with Crippen LogP contribution in [-0.4, -0.2) is 48.1 Å². The first-order chi connectivity index (χ1) is 7.62. The minimum absolute atomic E-state index is 0.0468. The summed E-state index contributed by atoms with van der Waals surface area (Å²) in [6, 6.07) is 0.0897. The van der Waals surface area contributed by atoms with Gasteiger partial charge in [0.05, 0.1) is 12.6 Å². The second kappa shape index (κ2) is 4.05. The zero-order valence-corrected chi connectivity index (χ0v) is 9.78. The normalized spacial score (nSPS) is 33.0. The molecule has 2 saturated heterocycles. The van der Waals surface area contributed by atoms with Gasteiger partial charge in [-0.3, -0.25) is 9.59 Å². The summed E-state index contributed by atoms with van der Waals surface area (Å²) in [6.45, 7) is 5.08. The second-order valence-corrected chi connectivity index (χ2v) is 4.42. The number of hydrogen-bond acceptors (Lipinski definition) is 4. The molecule has 0 aliphatic carbocycles. The molecule has 1 spiro atoms. The Labute approximate surface area is 95.1 Å². The fourth-order valence-electron chi connectivity index (χ4n) is 2.67. The van der Waals surface area contributed by atoms with Gasteiger partial charge in [0.2, 0.25) is 5.91 Å². The Balaban J connectivity index is 1.95. The molecule has 0 radical (unpaired) electrons. The number of carbonyl (C=O) groups excluding carboxylic acids is 2. The lowest BCUT2D eigenvalue weighted by Gasteiger charge is -2.52. The SMILES string of the molecule is CCOC(=O)CN1C(=O)C2(CCCN2)C1C. The molecule has 0 aromatic rings. The van der Waals surface area contributed by atoms with E-state index in [-0.39, 0.29) is 30.0 Å². The van der Waals surface area contributed by atoms with Crippen LogP contribution in [0.1, 0.15) is 26.7 Å². The number of ether oxygens (including phenoxy) is 1. The van der Waals surface area contributed by atoms with Crippen molar-refractivity contribution in [2.24, 2.45) is 0 Å². The molecule has 2 fully saturated rings. The van der Waals surface area contributed by atoms with E-state index in [1.165, 1.54) is 0 Å². The van der Waals surface area contributed by atoms with Crippen LogP contribution < -0.4 is 5.32 Å². The summed E-state index contributed by atoms with van der Waals surface area (Å²) < 4.78 is 4.84. The zero-order chi connectivity index (χ0) is 11.8. The van der Waals surface area contributed by atoms with Crippen LogP contribution >= 0.6 is 0 Å². The maximum Gasteiger partial charge on any atom is 0.325 e. The highest BCUT2D eigenvalue weighted by Crippen LogP contribution is 2.37. The van der Waals surface area contributed by atoms with Gasteiger partial charge in [0.15, 0.2) is 0 Å². The van der Waals surface area contributed by atoms with Crippen LogP contribution in [0.4, 0.5) is 0 Å². The summed E-state index contributed by atoms with van der Waals surface area (Å²) in [4.78, 5) is 24.9. The topological polar surface area (TPSA) is 58.6 Å². The molecule has 2 unspecified atom stereocenters. The number of carbonyl (C=O) groups is 2. The molecule has 0 aromatic heterocycles. The fraction of sp³-hybridized carbons (Fsp3) is 0.818.